The van der Waals surface area contributed by atoms with Crippen LogP contribution >= 0.6 is 11.8 Å². The number of halogens is 3. The van der Waals surface area contributed by atoms with E-state index in [9.17, 15) is 13.2 Å². The number of nitrogens with zero attached hydrogens (tertiary/aromatic N) is 3. The van der Waals surface area contributed by atoms with Crippen LogP contribution in [-0.4, -0.2) is 14.8 Å². The van der Waals surface area contributed by atoms with Gasteiger partial charge in [0.05, 0.1) is 12.0 Å². The van der Waals surface area contributed by atoms with E-state index in [0.29, 0.717) is 28.0 Å². The number of aromatic nitrogens is 3. The first-order valence-corrected chi connectivity index (χ1v) is 8.92. The molecule has 0 unspecified atom stereocenters. The van der Waals surface area contributed by atoms with Gasteiger partial charge in [-0.15, -0.1) is 10.2 Å². The van der Waals surface area contributed by atoms with Crippen molar-refractivity contribution in [2.45, 2.75) is 10.9 Å². The van der Waals surface area contributed by atoms with E-state index in [0.717, 1.165) is 6.07 Å². The van der Waals surface area contributed by atoms with Gasteiger partial charge in [0, 0.05) is 11.8 Å². The van der Waals surface area contributed by atoms with Gasteiger partial charge < -0.3 is 4.42 Å². The summed E-state index contributed by atoms with van der Waals surface area (Å²) in [5.74, 6) is -0.416. The minimum Gasteiger partial charge on any atom is -0.461 e. The van der Waals surface area contributed by atoms with Gasteiger partial charge in [-0.2, -0.15) is 0 Å². The predicted molar refractivity (Wildman–Crippen MR) is 94.9 cm³/mol. The van der Waals surface area contributed by atoms with Crippen LogP contribution in [0, 0.1) is 17.5 Å². The number of furan rings is 1. The number of rotatable bonds is 5. The summed E-state index contributed by atoms with van der Waals surface area (Å²) in [6, 6.07) is 12.7. The van der Waals surface area contributed by atoms with E-state index >= 15 is 0 Å². The second kappa shape index (κ2) is 7.32. The molecule has 136 valence electrons. The highest BCUT2D eigenvalue weighted by Gasteiger charge is 2.18. The standard InChI is InChI=1S/C19H12F3N3OS/c20-13-3-5-16(6-4-13)25-18(17-2-1-7-26-17)23-24-19(25)27-11-12-8-14(21)10-15(22)9-12/h1-10H,11H2. The number of thioether (sulfide) groups is 1. The van der Waals surface area contributed by atoms with Crippen molar-refractivity contribution in [1.29, 1.82) is 0 Å². The van der Waals surface area contributed by atoms with Gasteiger partial charge in [-0.25, -0.2) is 13.2 Å². The zero-order chi connectivity index (χ0) is 18.8. The van der Waals surface area contributed by atoms with Crippen molar-refractivity contribution in [1.82, 2.24) is 14.8 Å². The molecule has 0 atom stereocenters. The first-order valence-electron chi connectivity index (χ1n) is 7.93. The minimum absolute atomic E-state index is 0.284. The van der Waals surface area contributed by atoms with Crippen LogP contribution in [0.5, 0.6) is 0 Å². The summed E-state index contributed by atoms with van der Waals surface area (Å²) in [7, 11) is 0. The number of benzene rings is 2. The smallest absolute Gasteiger partial charge is 0.205 e. The van der Waals surface area contributed by atoms with E-state index in [1.165, 1.54) is 42.3 Å². The highest BCUT2D eigenvalue weighted by Crippen LogP contribution is 2.30. The van der Waals surface area contributed by atoms with E-state index in [1.807, 2.05) is 0 Å². The van der Waals surface area contributed by atoms with Gasteiger partial charge in [0.2, 0.25) is 5.82 Å². The summed E-state index contributed by atoms with van der Waals surface area (Å²) in [6.45, 7) is 0. The maximum Gasteiger partial charge on any atom is 0.205 e. The van der Waals surface area contributed by atoms with Gasteiger partial charge in [-0.05, 0) is 54.1 Å². The quantitative estimate of drug-likeness (QED) is 0.440. The van der Waals surface area contributed by atoms with E-state index in [1.54, 1.807) is 28.8 Å². The molecule has 4 rings (SSSR count). The molecular weight excluding hydrogens is 375 g/mol. The van der Waals surface area contributed by atoms with Crippen LogP contribution in [-0.2, 0) is 5.75 Å². The second-order valence-electron chi connectivity index (χ2n) is 5.66. The Morgan fingerprint density at radius 3 is 2.30 bits per heavy atom. The van der Waals surface area contributed by atoms with Crippen LogP contribution in [0.3, 0.4) is 0 Å². The van der Waals surface area contributed by atoms with Gasteiger partial charge in [0.1, 0.15) is 17.5 Å². The zero-order valence-electron chi connectivity index (χ0n) is 13.8. The molecule has 0 aliphatic rings. The van der Waals surface area contributed by atoms with Gasteiger partial charge >= 0.3 is 0 Å². The Kier molecular flexibility index (Phi) is 4.72. The molecule has 2 heterocycles. The average molecular weight is 387 g/mol. The first-order chi connectivity index (χ1) is 13.1. The molecule has 4 nitrogen and oxygen atoms in total. The normalized spacial score (nSPS) is 11.1. The summed E-state index contributed by atoms with van der Waals surface area (Å²) < 4.78 is 47.2. The fraction of sp³-hybridized carbons (Fsp3) is 0.0526. The molecule has 0 saturated carbocycles. The Morgan fingerprint density at radius 2 is 1.63 bits per heavy atom. The molecule has 0 fully saturated rings. The molecule has 0 aliphatic carbocycles. The van der Waals surface area contributed by atoms with Crippen molar-refractivity contribution in [3.63, 3.8) is 0 Å². The molecule has 0 saturated heterocycles. The monoisotopic (exact) mass is 387 g/mol. The maximum atomic E-state index is 13.4. The fourth-order valence-electron chi connectivity index (χ4n) is 2.59. The lowest BCUT2D eigenvalue weighted by Crippen LogP contribution is -1.99. The number of hydrogen-bond donors (Lipinski definition) is 0. The van der Waals surface area contributed by atoms with E-state index < -0.39 is 11.6 Å². The molecule has 8 heteroatoms. The molecule has 2 aromatic heterocycles. The molecule has 4 aromatic rings. The zero-order valence-corrected chi connectivity index (χ0v) is 14.6. The Bertz CT molecular complexity index is 1040. The third-order valence-electron chi connectivity index (χ3n) is 3.75. The summed E-state index contributed by atoms with van der Waals surface area (Å²) >= 11 is 1.26. The van der Waals surface area contributed by atoms with Crippen molar-refractivity contribution >= 4 is 11.8 Å². The van der Waals surface area contributed by atoms with Crippen LogP contribution in [0.1, 0.15) is 5.56 Å². The lowest BCUT2D eigenvalue weighted by Gasteiger charge is -2.09. The molecular formula is C19H12F3N3OS. The van der Waals surface area contributed by atoms with E-state index in [4.69, 9.17) is 4.42 Å². The fourth-order valence-corrected chi connectivity index (χ4v) is 3.48. The summed E-state index contributed by atoms with van der Waals surface area (Å²) in [5.41, 5.74) is 1.12. The van der Waals surface area contributed by atoms with Gasteiger partial charge in [-0.1, -0.05) is 11.8 Å². The maximum absolute atomic E-state index is 13.4. The predicted octanol–water partition coefficient (Wildman–Crippen LogP) is 5.24. The molecule has 0 spiro atoms. The van der Waals surface area contributed by atoms with Crippen LogP contribution in [0.15, 0.2) is 70.4 Å². The summed E-state index contributed by atoms with van der Waals surface area (Å²) in [4.78, 5) is 0. The molecule has 0 aliphatic heterocycles. The molecule has 2 aromatic carbocycles. The first kappa shape index (κ1) is 17.4. The summed E-state index contributed by atoms with van der Waals surface area (Å²) in [5, 5.41) is 8.81. The Morgan fingerprint density at radius 1 is 0.889 bits per heavy atom. The van der Waals surface area contributed by atoms with Gasteiger partial charge in [0.15, 0.2) is 10.9 Å². The Hall–Kier alpha value is -3.00. The summed E-state index contributed by atoms with van der Waals surface area (Å²) in [6.07, 6.45) is 1.52. The Balaban J connectivity index is 1.71. The Labute approximate surface area is 156 Å². The lowest BCUT2D eigenvalue weighted by molar-refractivity contribution is 0.575. The SMILES string of the molecule is Fc1ccc(-n2c(SCc3cc(F)cc(F)c3)nnc2-c2ccco2)cc1. The van der Waals surface area contributed by atoms with Crippen molar-refractivity contribution in [2.75, 3.05) is 0 Å². The second-order valence-corrected chi connectivity index (χ2v) is 6.60. The van der Waals surface area contributed by atoms with Crippen LogP contribution in [0.25, 0.3) is 17.3 Å². The van der Waals surface area contributed by atoms with Crippen LogP contribution in [0.4, 0.5) is 13.2 Å². The van der Waals surface area contributed by atoms with Crippen LogP contribution in [0.2, 0.25) is 0 Å². The van der Waals surface area contributed by atoms with Crippen molar-refractivity contribution in [3.8, 4) is 17.3 Å². The highest BCUT2D eigenvalue weighted by molar-refractivity contribution is 7.98. The third kappa shape index (κ3) is 3.75. The van der Waals surface area contributed by atoms with Gasteiger partial charge in [0.25, 0.3) is 0 Å². The van der Waals surface area contributed by atoms with Crippen LogP contribution < -0.4 is 0 Å². The molecule has 0 bridgehead atoms. The lowest BCUT2D eigenvalue weighted by atomic mass is 10.2. The van der Waals surface area contributed by atoms with E-state index in [-0.39, 0.29) is 11.6 Å². The largest absolute Gasteiger partial charge is 0.461 e. The molecule has 27 heavy (non-hydrogen) atoms. The van der Waals surface area contributed by atoms with Crippen molar-refractivity contribution < 1.29 is 17.6 Å². The molecule has 0 radical (unpaired) electrons. The topological polar surface area (TPSA) is 43.9 Å². The third-order valence-corrected chi connectivity index (χ3v) is 4.75. The highest BCUT2D eigenvalue weighted by atomic mass is 32.2. The molecule has 0 amide bonds. The van der Waals surface area contributed by atoms with Crippen molar-refractivity contribution in [3.05, 3.63) is 83.9 Å². The van der Waals surface area contributed by atoms with Gasteiger partial charge in [-0.3, -0.25) is 4.57 Å². The average Bonchev–Trinajstić information content (AvgIpc) is 3.29. The number of hydrogen-bond acceptors (Lipinski definition) is 4. The van der Waals surface area contributed by atoms with E-state index in [2.05, 4.69) is 10.2 Å². The van der Waals surface area contributed by atoms with Crippen molar-refractivity contribution in [2.24, 2.45) is 0 Å². The minimum atomic E-state index is -0.637. The molecule has 0 N–H and O–H groups in total.